The van der Waals surface area contributed by atoms with E-state index >= 15 is 0 Å². The Labute approximate surface area is 126 Å². The van der Waals surface area contributed by atoms with Crippen LogP contribution in [0.5, 0.6) is 0 Å². The third-order valence-electron chi connectivity index (χ3n) is 3.62. The number of carbonyl (C=O) groups excluding carboxylic acids is 1. The average Bonchev–Trinajstić information content (AvgIpc) is 2.49. The fraction of sp³-hybridized carbons (Fsp3) is 0.562. The number of benzene rings is 1. The van der Waals surface area contributed by atoms with Crippen LogP contribution in [-0.2, 0) is 16.0 Å². The number of hydrogen-bond donors (Lipinski definition) is 2. The first-order chi connectivity index (χ1) is 10.2. The summed E-state index contributed by atoms with van der Waals surface area (Å²) in [5.74, 6) is 0.106. The lowest BCUT2D eigenvalue weighted by Crippen LogP contribution is -2.39. The molecule has 1 aliphatic heterocycles. The van der Waals surface area contributed by atoms with Crippen LogP contribution in [0, 0.1) is 5.92 Å². The van der Waals surface area contributed by atoms with E-state index in [4.69, 9.17) is 4.74 Å². The number of anilines is 1. The second-order valence-corrected chi connectivity index (χ2v) is 5.65. The van der Waals surface area contributed by atoms with Crippen LogP contribution in [0.2, 0.25) is 0 Å². The lowest BCUT2D eigenvalue weighted by molar-refractivity contribution is -0.124. The molecule has 1 aliphatic rings. The Kier molecular flexibility index (Phi) is 6.02. The minimum absolute atomic E-state index is 0.00155. The predicted molar refractivity (Wildman–Crippen MR) is 84.5 cm³/mol. The molecule has 0 spiro atoms. The molecule has 1 unspecified atom stereocenters. The highest BCUT2D eigenvalue weighted by Crippen LogP contribution is 2.24. The first-order valence-electron chi connectivity index (χ1n) is 7.49. The summed E-state index contributed by atoms with van der Waals surface area (Å²) in [5.41, 5.74) is 2.36. The van der Waals surface area contributed by atoms with Crippen molar-refractivity contribution in [2.75, 3.05) is 52.3 Å². The van der Waals surface area contributed by atoms with Gasteiger partial charge in [-0.3, -0.25) is 4.79 Å². The Morgan fingerprint density at radius 1 is 1.38 bits per heavy atom. The van der Waals surface area contributed by atoms with Gasteiger partial charge in [0.15, 0.2) is 0 Å². The number of fused-ring (bicyclic) bond motifs is 1. The van der Waals surface area contributed by atoms with Gasteiger partial charge in [0.05, 0.1) is 19.1 Å². The van der Waals surface area contributed by atoms with Crippen molar-refractivity contribution in [3.05, 3.63) is 29.8 Å². The molecule has 1 amide bonds. The van der Waals surface area contributed by atoms with E-state index in [2.05, 4.69) is 27.7 Å². The standard InChI is InChI=1S/C16H25N3O2/c1-19(2)8-10-21-9-7-17-16(20)14-11-13-5-3-4-6-15(13)18-12-14/h3-6,14,18H,7-12H2,1-2H3,(H,17,20). The molecule has 0 radical (unpaired) electrons. The van der Waals surface area contributed by atoms with Crippen LogP contribution in [0.25, 0.3) is 0 Å². The largest absolute Gasteiger partial charge is 0.384 e. The Morgan fingerprint density at radius 2 is 2.19 bits per heavy atom. The lowest BCUT2D eigenvalue weighted by Gasteiger charge is -2.25. The highest BCUT2D eigenvalue weighted by atomic mass is 16.5. The third-order valence-corrected chi connectivity index (χ3v) is 3.62. The van der Waals surface area contributed by atoms with Gasteiger partial charge in [-0.2, -0.15) is 0 Å². The zero-order valence-electron chi connectivity index (χ0n) is 12.9. The molecule has 2 N–H and O–H groups in total. The summed E-state index contributed by atoms with van der Waals surface area (Å²) in [6, 6.07) is 8.16. The molecule has 5 nitrogen and oxygen atoms in total. The van der Waals surface area contributed by atoms with E-state index in [1.54, 1.807) is 0 Å². The molecule has 1 atom stereocenters. The Balaban J connectivity index is 1.66. The molecule has 1 aromatic rings. The molecule has 116 valence electrons. The predicted octanol–water partition coefficient (Wildman–Crippen LogP) is 0.965. The van der Waals surface area contributed by atoms with Gasteiger partial charge in [0.2, 0.25) is 5.91 Å². The summed E-state index contributed by atoms with van der Waals surface area (Å²) in [6.45, 7) is 3.43. The van der Waals surface area contributed by atoms with Gasteiger partial charge in [-0.25, -0.2) is 0 Å². The highest BCUT2D eigenvalue weighted by Gasteiger charge is 2.23. The van der Waals surface area contributed by atoms with Gasteiger partial charge in [-0.05, 0) is 32.1 Å². The van der Waals surface area contributed by atoms with Crippen molar-refractivity contribution in [1.82, 2.24) is 10.2 Å². The monoisotopic (exact) mass is 291 g/mol. The molecular weight excluding hydrogens is 266 g/mol. The van der Waals surface area contributed by atoms with Crippen LogP contribution in [0.4, 0.5) is 5.69 Å². The maximum atomic E-state index is 12.1. The smallest absolute Gasteiger partial charge is 0.225 e. The van der Waals surface area contributed by atoms with Crippen molar-refractivity contribution in [1.29, 1.82) is 0 Å². The Hall–Kier alpha value is -1.59. The normalized spacial score (nSPS) is 17.2. The molecule has 0 bridgehead atoms. The fourth-order valence-corrected chi connectivity index (χ4v) is 2.37. The molecule has 5 heteroatoms. The van der Waals surface area contributed by atoms with Crippen LogP contribution in [0.1, 0.15) is 5.56 Å². The van der Waals surface area contributed by atoms with Crippen LogP contribution in [-0.4, -0.2) is 57.8 Å². The zero-order valence-corrected chi connectivity index (χ0v) is 12.9. The number of carbonyl (C=O) groups is 1. The van der Waals surface area contributed by atoms with E-state index in [0.29, 0.717) is 26.3 Å². The molecule has 0 aliphatic carbocycles. The second kappa shape index (κ2) is 8.00. The van der Waals surface area contributed by atoms with Gasteiger partial charge in [-0.15, -0.1) is 0 Å². The highest BCUT2D eigenvalue weighted by molar-refractivity contribution is 5.80. The van der Waals surface area contributed by atoms with Gasteiger partial charge in [-0.1, -0.05) is 18.2 Å². The van der Waals surface area contributed by atoms with Crippen molar-refractivity contribution >= 4 is 11.6 Å². The molecule has 0 saturated heterocycles. The molecule has 2 rings (SSSR count). The first-order valence-corrected chi connectivity index (χ1v) is 7.49. The Morgan fingerprint density at radius 3 is 3.00 bits per heavy atom. The summed E-state index contributed by atoms with van der Waals surface area (Å²) in [6.07, 6.45) is 0.802. The summed E-state index contributed by atoms with van der Waals surface area (Å²) in [4.78, 5) is 14.2. The molecule has 1 heterocycles. The summed E-state index contributed by atoms with van der Waals surface area (Å²) in [5, 5.41) is 6.27. The topological polar surface area (TPSA) is 53.6 Å². The van der Waals surface area contributed by atoms with Gasteiger partial charge >= 0.3 is 0 Å². The average molecular weight is 291 g/mol. The van der Waals surface area contributed by atoms with Crippen LogP contribution >= 0.6 is 0 Å². The van der Waals surface area contributed by atoms with Crippen molar-refractivity contribution in [2.24, 2.45) is 5.92 Å². The van der Waals surface area contributed by atoms with E-state index in [9.17, 15) is 4.79 Å². The van der Waals surface area contributed by atoms with Gasteiger partial charge < -0.3 is 20.3 Å². The van der Waals surface area contributed by atoms with Gasteiger partial charge in [0.1, 0.15) is 0 Å². The third kappa shape index (κ3) is 5.02. The van der Waals surface area contributed by atoms with Crippen molar-refractivity contribution in [3.63, 3.8) is 0 Å². The molecule has 21 heavy (non-hydrogen) atoms. The summed E-state index contributed by atoms with van der Waals surface area (Å²) >= 11 is 0. The van der Waals surface area contributed by atoms with Crippen LogP contribution < -0.4 is 10.6 Å². The number of para-hydroxylation sites is 1. The summed E-state index contributed by atoms with van der Waals surface area (Å²) in [7, 11) is 4.03. The second-order valence-electron chi connectivity index (χ2n) is 5.65. The molecule has 0 saturated carbocycles. The molecular formula is C16H25N3O2. The molecule has 0 fully saturated rings. The van der Waals surface area contributed by atoms with Gasteiger partial charge in [0.25, 0.3) is 0 Å². The van der Waals surface area contributed by atoms with Gasteiger partial charge in [0, 0.05) is 25.3 Å². The van der Waals surface area contributed by atoms with Crippen LogP contribution in [0.3, 0.4) is 0 Å². The number of ether oxygens (including phenoxy) is 1. The molecule has 0 aromatic heterocycles. The van der Waals surface area contributed by atoms with E-state index in [1.165, 1.54) is 5.56 Å². The van der Waals surface area contributed by atoms with E-state index in [1.807, 2.05) is 26.2 Å². The van der Waals surface area contributed by atoms with Crippen molar-refractivity contribution < 1.29 is 9.53 Å². The minimum atomic E-state index is 0.00155. The maximum Gasteiger partial charge on any atom is 0.225 e. The number of nitrogens with one attached hydrogen (secondary N) is 2. The van der Waals surface area contributed by atoms with Crippen LogP contribution in [0.15, 0.2) is 24.3 Å². The van der Waals surface area contributed by atoms with Crippen molar-refractivity contribution in [2.45, 2.75) is 6.42 Å². The number of hydrogen-bond acceptors (Lipinski definition) is 4. The maximum absolute atomic E-state index is 12.1. The number of amides is 1. The quantitative estimate of drug-likeness (QED) is 0.735. The van der Waals surface area contributed by atoms with E-state index in [-0.39, 0.29) is 11.8 Å². The SMILES string of the molecule is CN(C)CCOCCNC(=O)C1CNc2ccccc2C1. The summed E-state index contributed by atoms with van der Waals surface area (Å²) < 4.78 is 5.47. The number of rotatable bonds is 7. The fourth-order valence-electron chi connectivity index (χ4n) is 2.37. The van der Waals surface area contributed by atoms with E-state index < -0.39 is 0 Å². The van der Waals surface area contributed by atoms with E-state index in [0.717, 1.165) is 18.7 Å². The number of likely N-dealkylation sites (N-methyl/N-ethyl adjacent to an activating group) is 1. The zero-order chi connectivity index (χ0) is 15.1. The number of nitrogens with zero attached hydrogens (tertiary/aromatic N) is 1. The Bertz CT molecular complexity index is 463. The lowest BCUT2D eigenvalue weighted by atomic mass is 9.93. The molecule has 1 aromatic carbocycles. The first kappa shape index (κ1) is 15.8. The minimum Gasteiger partial charge on any atom is -0.384 e. The van der Waals surface area contributed by atoms with Crippen molar-refractivity contribution in [3.8, 4) is 0 Å².